The van der Waals surface area contributed by atoms with Crippen molar-refractivity contribution in [3.63, 3.8) is 0 Å². The molecule has 1 saturated carbocycles. The summed E-state index contributed by atoms with van der Waals surface area (Å²) in [5, 5.41) is 0. The lowest BCUT2D eigenvalue weighted by Crippen LogP contribution is -2.40. The van der Waals surface area contributed by atoms with Crippen molar-refractivity contribution >= 4 is 0 Å². The van der Waals surface area contributed by atoms with Gasteiger partial charge in [0.25, 0.3) is 0 Å². The summed E-state index contributed by atoms with van der Waals surface area (Å²) in [6.07, 6.45) is 10.9. The molecular weight excluding hydrogens is 244 g/mol. The van der Waals surface area contributed by atoms with Gasteiger partial charge in [0, 0.05) is 23.9 Å². The Morgan fingerprint density at radius 1 is 1.25 bits per heavy atom. The summed E-state index contributed by atoms with van der Waals surface area (Å²) in [7, 11) is 0. The van der Waals surface area contributed by atoms with Crippen LogP contribution in [-0.2, 0) is 6.42 Å². The normalized spacial score (nSPS) is 27.9. The van der Waals surface area contributed by atoms with E-state index in [1.807, 2.05) is 6.20 Å². The molecule has 0 spiro atoms. The van der Waals surface area contributed by atoms with Crippen LogP contribution in [0.15, 0.2) is 18.3 Å². The number of hydrogen-bond acceptors (Lipinski definition) is 2. The Balaban J connectivity index is 1.74. The summed E-state index contributed by atoms with van der Waals surface area (Å²) in [6.45, 7) is 4.79. The largest absolute Gasteiger partial charge is 0.327 e. The molecule has 2 aliphatic carbocycles. The minimum Gasteiger partial charge on any atom is -0.327 e. The number of rotatable bonds is 2. The average molecular weight is 272 g/mol. The fourth-order valence-corrected chi connectivity index (χ4v) is 4.16. The van der Waals surface area contributed by atoms with E-state index in [9.17, 15) is 0 Å². The highest BCUT2D eigenvalue weighted by Crippen LogP contribution is 2.43. The number of pyridine rings is 1. The summed E-state index contributed by atoms with van der Waals surface area (Å²) in [5.74, 6) is 1.19. The van der Waals surface area contributed by atoms with E-state index < -0.39 is 0 Å². The Kier molecular flexibility index (Phi) is 3.85. The summed E-state index contributed by atoms with van der Waals surface area (Å²) < 4.78 is 0. The van der Waals surface area contributed by atoms with Crippen LogP contribution in [0, 0.1) is 11.3 Å². The predicted molar refractivity (Wildman–Crippen MR) is 83.6 cm³/mol. The van der Waals surface area contributed by atoms with Crippen LogP contribution in [0.2, 0.25) is 0 Å². The van der Waals surface area contributed by atoms with Crippen molar-refractivity contribution in [3.05, 3.63) is 29.6 Å². The summed E-state index contributed by atoms with van der Waals surface area (Å²) in [5.41, 5.74) is 9.96. The second-order valence-electron chi connectivity index (χ2n) is 7.63. The van der Waals surface area contributed by atoms with Gasteiger partial charge in [0.2, 0.25) is 0 Å². The lowest BCUT2D eigenvalue weighted by atomic mass is 9.67. The van der Waals surface area contributed by atoms with Gasteiger partial charge in [-0.1, -0.05) is 19.9 Å². The Morgan fingerprint density at radius 2 is 2.00 bits per heavy atom. The molecule has 2 atom stereocenters. The van der Waals surface area contributed by atoms with Gasteiger partial charge in [0.05, 0.1) is 0 Å². The molecule has 0 bridgehead atoms. The maximum atomic E-state index is 6.69. The van der Waals surface area contributed by atoms with Crippen LogP contribution in [0.25, 0.3) is 0 Å². The summed E-state index contributed by atoms with van der Waals surface area (Å²) in [4.78, 5) is 4.67. The lowest BCUT2D eigenvalue weighted by molar-refractivity contribution is 0.161. The van der Waals surface area contributed by atoms with Crippen molar-refractivity contribution in [3.8, 4) is 0 Å². The first-order valence-electron chi connectivity index (χ1n) is 8.26. The monoisotopic (exact) mass is 272 g/mol. The first-order valence-corrected chi connectivity index (χ1v) is 8.26. The van der Waals surface area contributed by atoms with Crippen LogP contribution >= 0.6 is 0 Å². The molecule has 3 rings (SSSR count). The minimum absolute atomic E-state index is 0.306. The molecule has 2 unspecified atom stereocenters. The van der Waals surface area contributed by atoms with Gasteiger partial charge in [0.1, 0.15) is 0 Å². The van der Waals surface area contributed by atoms with Crippen LogP contribution in [-0.4, -0.2) is 11.0 Å². The van der Waals surface area contributed by atoms with Crippen LogP contribution in [0.5, 0.6) is 0 Å². The Hall–Kier alpha value is -0.890. The highest BCUT2D eigenvalue weighted by Gasteiger charge is 2.35. The fourth-order valence-electron chi connectivity index (χ4n) is 4.16. The first kappa shape index (κ1) is 14.1. The van der Waals surface area contributed by atoms with Crippen LogP contribution in [0.1, 0.15) is 69.5 Å². The molecule has 0 aromatic carbocycles. The molecule has 1 heterocycles. The molecule has 110 valence electrons. The second kappa shape index (κ2) is 5.48. The van der Waals surface area contributed by atoms with Gasteiger partial charge >= 0.3 is 0 Å². The van der Waals surface area contributed by atoms with Crippen molar-refractivity contribution in [1.82, 2.24) is 4.98 Å². The number of aromatic nitrogens is 1. The van der Waals surface area contributed by atoms with Crippen LogP contribution in [0.4, 0.5) is 0 Å². The van der Waals surface area contributed by atoms with E-state index in [0.717, 1.165) is 0 Å². The van der Waals surface area contributed by atoms with E-state index in [-0.39, 0.29) is 0 Å². The van der Waals surface area contributed by atoms with E-state index in [4.69, 9.17) is 5.73 Å². The minimum atomic E-state index is 0.306. The molecular formula is C18H28N2. The molecule has 0 amide bonds. The molecule has 1 aromatic heterocycles. The topological polar surface area (TPSA) is 38.9 Å². The third-order valence-corrected chi connectivity index (χ3v) is 5.63. The SMILES string of the molecule is CC1(C)CCC(C(N)C2CCCc3cccnc32)CC1. The predicted octanol–water partition coefficient (Wildman–Crippen LogP) is 4.05. The van der Waals surface area contributed by atoms with Crippen molar-refractivity contribution < 1.29 is 0 Å². The number of aryl methyl sites for hydroxylation is 1. The van der Waals surface area contributed by atoms with Crippen molar-refractivity contribution in [2.24, 2.45) is 17.1 Å². The zero-order valence-electron chi connectivity index (χ0n) is 12.9. The molecule has 0 aliphatic heterocycles. The quantitative estimate of drug-likeness (QED) is 0.882. The smallest absolute Gasteiger partial charge is 0.0481 e. The van der Waals surface area contributed by atoms with Crippen molar-refractivity contribution in [1.29, 1.82) is 0 Å². The van der Waals surface area contributed by atoms with E-state index in [1.54, 1.807) is 0 Å². The summed E-state index contributed by atoms with van der Waals surface area (Å²) in [6, 6.07) is 4.61. The zero-order valence-corrected chi connectivity index (χ0v) is 12.9. The molecule has 0 radical (unpaired) electrons. The summed E-state index contributed by atoms with van der Waals surface area (Å²) >= 11 is 0. The number of fused-ring (bicyclic) bond motifs is 1. The first-order chi connectivity index (χ1) is 9.57. The van der Waals surface area contributed by atoms with Gasteiger partial charge in [-0.3, -0.25) is 4.98 Å². The van der Waals surface area contributed by atoms with Crippen molar-refractivity contribution in [2.75, 3.05) is 0 Å². The number of nitrogens with zero attached hydrogens (tertiary/aromatic N) is 1. The molecule has 2 nitrogen and oxygen atoms in total. The van der Waals surface area contributed by atoms with E-state index >= 15 is 0 Å². The molecule has 20 heavy (non-hydrogen) atoms. The van der Waals surface area contributed by atoms with Gasteiger partial charge in [-0.25, -0.2) is 0 Å². The van der Waals surface area contributed by atoms with Crippen LogP contribution in [0.3, 0.4) is 0 Å². The standard InChI is InChI=1S/C18H28N2/c1-18(2)10-8-13(9-11-18)16(19)15-7-3-5-14-6-4-12-20-17(14)15/h4,6,12-13,15-16H,3,5,7-11,19H2,1-2H3. The maximum Gasteiger partial charge on any atom is 0.0481 e. The van der Waals surface area contributed by atoms with E-state index in [0.29, 0.717) is 23.3 Å². The second-order valence-corrected chi connectivity index (χ2v) is 7.63. The van der Waals surface area contributed by atoms with E-state index in [1.165, 1.54) is 56.2 Å². The molecule has 2 N–H and O–H groups in total. The lowest BCUT2D eigenvalue weighted by Gasteiger charge is -2.40. The van der Waals surface area contributed by atoms with E-state index in [2.05, 4.69) is 31.0 Å². The third-order valence-electron chi connectivity index (χ3n) is 5.63. The van der Waals surface area contributed by atoms with Crippen molar-refractivity contribution in [2.45, 2.75) is 70.8 Å². The Morgan fingerprint density at radius 3 is 2.75 bits per heavy atom. The molecule has 2 heteroatoms. The molecule has 0 saturated heterocycles. The Bertz CT molecular complexity index is 456. The number of nitrogens with two attached hydrogens (primary N) is 1. The zero-order chi connectivity index (χ0) is 14.2. The maximum absolute atomic E-state index is 6.69. The molecule has 1 fully saturated rings. The molecule has 1 aromatic rings. The van der Waals surface area contributed by atoms with Gasteiger partial charge in [0.15, 0.2) is 0 Å². The molecule has 2 aliphatic rings. The van der Waals surface area contributed by atoms with Gasteiger partial charge in [-0.05, 0) is 67.9 Å². The third kappa shape index (κ3) is 2.76. The van der Waals surface area contributed by atoms with Gasteiger partial charge in [-0.15, -0.1) is 0 Å². The average Bonchev–Trinajstić information content (AvgIpc) is 2.46. The Labute approximate surface area is 123 Å². The van der Waals surface area contributed by atoms with Gasteiger partial charge in [-0.2, -0.15) is 0 Å². The van der Waals surface area contributed by atoms with Crippen LogP contribution < -0.4 is 5.73 Å². The van der Waals surface area contributed by atoms with Gasteiger partial charge < -0.3 is 5.73 Å². The highest BCUT2D eigenvalue weighted by atomic mass is 14.8. The number of hydrogen-bond donors (Lipinski definition) is 1. The highest BCUT2D eigenvalue weighted by molar-refractivity contribution is 5.27. The fraction of sp³-hybridized carbons (Fsp3) is 0.722.